The van der Waals surface area contributed by atoms with Crippen LogP contribution in [0.3, 0.4) is 0 Å². The molecule has 1 aliphatic rings. The number of hydrogen-bond acceptors (Lipinski definition) is 3. The Kier molecular flexibility index (Phi) is 3.34. The molecule has 1 aromatic heterocycles. The molecule has 0 radical (unpaired) electrons. The van der Waals surface area contributed by atoms with Gasteiger partial charge in [0.15, 0.2) is 0 Å². The van der Waals surface area contributed by atoms with E-state index in [1.807, 2.05) is 6.07 Å². The van der Waals surface area contributed by atoms with E-state index in [2.05, 4.69) is 9.98 Å². The third kappa shape index (κ3) is 2.31. The zero-order valence-electron chi connectivity index (χ0n) is 10.9. The van der Waals surface area contributed by atoms with Crippen molar-refractivity contribution in [3.05, 3.63) is 41.6 Å². The molecule has 1 N–H and O–H groups in total. The van der Waals surface area contributed by atoms with E-state index >= 15 is 0 Å². The Morgan fingerprint density at radius 1 is 1.36 bits per heavy atom. The average molecular weight is 325 g/mol. The first kappa shape index (κ1) is 14.5. The molecular formula is C14H8ClF3N4. The summed E-state index contributed by atoms with van der Waals surface area (Å²) >= 11 is 5.69. The second-order valence-electron chi connectivity index (χ2n) is 4.57. The number of halogens is 4. The van der Waals surface area contributed by atoms with Gasteiger partial charge in [0.2, 0.25) is 5.62 Å². The number of nitrogens with zero attached hydrogens (tertiary/aromatic N) is 3. The average Bonchev–Trinajstić information content (AvgIpc) is 2.88. The van der Waals surface area contributed by atoms with Crippen LogP contribution in [0.25, 0.3) is 16.6 Å². The van der Waals surface area contributed by atoms with E-state index in [0.29, 0.717) is 22.0 Å². The molecule has 0 aliphatic carbocycles. The van der Waals surface area contributed by atoms with Crippen LogP contribution in [0.2, 0.25) is 0 Å². The fraction of sp³-hybridized carbons (Fsp3) is 0.143. The summed E-state index contributed by atoms with van der Waals surface area (Å²) in [6.07, 6.45) is -0.698. The van der Waals surface area contributed by atoms with Gasteiger partial charge in [-0.3, -0.25) is 4.99 Å². The summed E-state index contributed by atoms with van der Waals surface area (Å²) in [4.78, 5) is 6.53. The van der Waals surface area contributed by atoms with Crippen LogP contribution in [0.1, 0.15) is 11.1 Å². The van der Waals surface area contributed by atoms with E-state index in [1.165, 1.54) is 18.5 Å². The molecule has 0 fully saturated rings. The number of H-pyrrole nitrogens is 1. The topological polar surface area (TPSA) is 55.2 Å². The minimum atomic E-state index is -4.66. The van der Waals surface area contributed by atoms with Gasteiger partial charge in [-0.15, -0.1) is 13.2 Å². The SMILES string of the molecule is N#Cc1ccc2c(C3=CC=NC(Cl)N3C(F)(F)F)c[nH]c2c1. The number of benzene rings is 1. The maximum absolute atomic E-state index is 13.2. The molecule has 1 atom stereocenters. The molecule has 1 aromatic carbocycles. The van der Waals surface area contributed by atoms with E-state index in [0.717, 1.165) is 0 Å². The Labute approximate surface area is 128 Å². The molecule has 4 nitrogen and oxygen atoms in total. The highest BCUT2D eigenvalue weighted by Crippen LogP contribution is 2.38. The van der Waals surface area contributed by atoms with Crippen LogP contribution in [-0.2, 0) is 0 Å². The molecule has 22 heavy (non-hydrogen) atoms. The number of fused-ring (bicyclic) bond motifs is 1. The number of aliphatic imine (C=N–C) groups is 1. The molecule has 0 spiro atoms. The maximum atomic E-state index is 13.2. The van der Waals surface area contributed by atoms with E-state index in [9.17, 15) is 13.2 Å². The van der Waals surface area contributed by atoms with Gasteiger partial charge in [-0.25, -0.2) is 4.90 Å². The van der Waals surface area contributed by atoms with Gasteiger partial charge in [0.1, 0.15) is 0 Å². The highest BCUT2D eigenvalue weighted by Gasteiger charge is 2.44. The molecule has 1 aliphatic heterocycles. The van der Waals surface area contributed by atoms with Gasteiger partial charge in [-0.05, 0) is 18.2 Å². The molecule has 2 aromatic rings. The predicted molar refractivity (Wildman–Crippen MR) is 77.0 cm³/mol. The van der Waals surface area contributed by atoms with Crippen LogP contribution in [-0.4, -0.2) is 28.0 Å². The standard InChI is InChI=1S/C14H8ClF3N4/c15-13-20-4-3-12(22(13)14(16,17)18)10-7-21-11-5-8(6-19)1-2-9(10)11/h1-5,7,13,21H. The summed E-state index contributed by atoms with van der Waals surface area (Å²) in [6.45, 7) is 0. The second-order valence-corrected chi connectivity index (χ2v) is 4.96. The van der Waals surface area contributed by atoms with Gasteiger partial charge in [0.25, 0.3) is 0 Å². The third-order valence-electron chi connectivity index (χ3n) is 3.27. The predicted octanol–water partition coefficient (Wildman–Crippen LogP) is 3.81. The number of hydrogen-bond donors (Lipinski definition) is 1. The first-order valence-electron chi connectivity index (χ1n) is 6.17. The van der Waals surface area contributed by atoms with Crippen molar-refractivity contribution in [2.24, 2.45) is 4.99 Å². The first-order chi connectivity index (χ1) is 10.4. The summed E-state index contributed by atoms with van der Waals surface area (Å²) < 4.78 is 39.7. The summed E-state index contributed by atoms with van der Waals surface area (Å²) in [7, 11) is 0. The van der Waals surface area contributed by atoms with Crippen molar-refractivity contribution in [3.63, 3.8) is 0 Å². The normalized spacial score (nSPS) is 18.4. The van der Waals surface area contributed by atoms with Crippen molar-refractivity contribution in [2.75, 3.05) is 0 Å². The van der Waals surface area contributed by atoms with Crippen molar-refractivity contribution in [1.82, 2.24) is 9.88 Å². The van der Waals surface area contributed by atoms with Crippen molar-refractivity contribution in [2.45, 2.75) is 11.9 Å². The Bertz CT molecular complexity index is 829. The fourth-order valence-electron chi connectivity index (χ4n) is 2.33. The lowest BCUT2D eigenvalue weighted by Gasteiger charge is -2.32. The molecule has 0 amide bonds. The van der Waals surface area contributed by atoms with Gasteiger partial charge in [0, 0.05) is 28.9 Å². The fourth-order valence-corrected chi connectivity index (χ4v) is 2.61. The number of aromatic nitrogens is 1. The Balaban J connectivity index is 2.15. The van der Waals surface area contributed by atoms with Gasteiger partial charge < -0.3 is 4.98 Å². The zero-order valence-corrected chi connectivity index (χ0v) is 11.7. The number of nitrogens with one attached hydrogen (secondary N) is 1. The summed E-state index contributed by atoms with van der Waals surface area (Å²) in [5.41, 5.74) is -0.316. The molecule has 0 saturated carbocycles. The molecular weight excluding hydrogens is 317 g/mol. The molecule has 1 unspecified atom stereocenters. The Morgan fingerprint density at radius 3 is 2.82 bits per heavy atom. The van der Waals surface area contributed by atoms with Crippen LogP contribution in [0.15, 0.2) is 35.5 Å². The highest BCUT2D eigenvalue weighted by molar-refractivity contribution is 6.21. The summed E-state index contributed by atoms with van der Waals surface area (Å²) in [6, 6.07) is 6.71. The number of aromatic amines is 1. The zero-order chi connectivity index (χ0) is 15.9. The maximum Gasteiger partial charge on any atom is 0.487 e. The van der Waals surface area contributed by atoms with Gasteiger partial charge in [-0.2, -0.15) is 5.26 Å². The molecule has 0 saturated heterocycles. The quantitative estimate of drug-likeness (QED) is 0.640. The minimum absolute atomic E-state index is 0.0926. The number of alkyl halides is 4. The highest BCUT2D eigenvalue weighted by atomic mass is 35.5. The molecule has 8 heteroatoms. The summed E-state index contributed by atoms with van der Waals surface area (Å²) in [5.74, 6) is 0. The van der Waals surface area contributed by atoms with E-state index in [4.69, 9.17) is 16.9 Å². The van der Waals surface area contributed by atoms with Crippen molar-refractivity contribution in [1.29, 1.82) is 5.26 Å². The van der Waals surface area contributed by atoms with Crippen LogP contribution in [0, 0.1) is 11.3 Å². The summed E-state index contributed by atoms with van der Waals surface area (Å²) in [5, 5.41) is 9.44. The van der Waals surface area contributed by atoms with Crippen LogP contribution in [0.5, 0.6) is 0 Å². The van der Waals surface area contributed by atoms with E-state index in [1.54, 1.807) is 18.2 Å². The van der Waals surface area contributed by atoms with Crippen LogP contribution in [0.4, 0.5) is 13.2 Å². The Morgan fingerprint density at radius 2 is 2.14 bits per heavy atom. The number of nitriles is 1. The lowest BCUT2D eigenvalue weighted by molar-refractivity contribution is -0.226. The van der Waals surface area contributed by atoms with Crippen molar-refractivity contribution in [3.8, 4) is 6.07 Å². The van der Waals surface area contributed by atoms with Gasteiger partial charge in [0.05, 0.1) is 17.3 Å². The smallest absolute Gasteiger partial charge is 0.360 e. The molecule has 0 bridgehead atoms. The molecule has 2 heterocycles. The van der Waals surface area contributed by atoms with Gasteiger partial charge >= 0.3 is 6.30 Å². The minimum Gasteiger partial charge on any atom is -0.360 e. The first-order valence-corrected chi connectivity index (χ1v) is 6.60. The van der Waals surface area contributed by atoms with Gasteiger partial charge in [-0.1, -0.05) is 17.7 Å². The Hall–Kier alpha value is -2.46. The van der Waals surface area contributed by atoms with Crippen molar-refractivity contribution >= 4 is 34.4 Å². The molecule has 3 rings (SSSR count). The van der Waals surface area contributed by atoms with Crippen LogP contribution < -0.4 is 0 Å². The van der Waals surface area contributed by atoms with E-state index in [-0.39, 0.29) is 10.6 Å². The number of allylic oxidation sites excluding steroid dienone is 1. The number of rotatable bonds is 1. The largest absolute Gasteiger partial charge is 0.487 e. The van der Waals surface area contributed by atoms with E-state index < -0.39 is 11.9 Å². The third-order valence-corrected chi connectivity index (χ3v) is 3.58. The lowest BCUT2D eigenvalue weighted by atomic mass is 10.1. The molecule has 112 valence electrons. The van der Waals surface area contributed by atoms with Crippen molar-refractivity contribution < 1.29 is 13.2 Å². The monoisotopic (exact) mass is 324 g/mol. The van der Waals surface area contributed by atoms with Crippen LogP contribution >= 0.6 is 11.6 Å². The lowest BCUT2D eigenvalue weighted by Crippen LogP contribution is -2.42. The second kappa shape index (κ2) is 5.07.